The molecule has 1 N–H and O–H groups in total. The van der Waals surface area contributed by atoms with Crippen LogP contribution in [0.3, 0.4) is 0 Å². The Bertz CT molecular complexity index is 403. The molecule has 0 saturated carbocycles. The summed E-state index contributed by atoms with van der Waals surface area (Å²) in [6.07, 6.45) is 1.01. The maximum absolute atomic E-state index is 9.16. The maximum Gasteiger partial charge on any atom is 0.107 e. The van der Waals surface area contributed by atoms with E-state index in [2.05, 4.69) is 30.3 Å². The molecular weight excluding hydrogens is 206 g/mol. The zero-order valence-electron chi connectivity index (χ0n) is 9.13. The van der Waals surface area contributed by atoms with Gasteiger partial charge in [-0.1, -0.05) is 0 Å². The summed E-state index contributed by atoms with van der Waals surface area (Å²) in [7, 11) is 2.13. The summed E-state index contributed by atoms with van der Waals surface area (Å²) in [5.41, 5.74) is 2.15. The SMILES string of the molecule is CCNc1sc2c(c1C#N)CCN(C)C2. The van der Waals surface area contributed by atoms with E-state index in [4.69, 9.17) is 5.26 Å². The molecule has 1 aliphatic rings. The highest BCUT2D eigenvalue weighted by molar-refractivity contribution is 7.16. The summed E-state index contributed by atoms with van der Waals surface area (Å²) in [6.45, 7) is 4.99. The third-order valence-corrected chi connectivity index (χ3v) is 3.87. The second kappa shape index (κ2) is 4.21. The van der Waals surface area contributed by atoms with Crippen molar-refractivity contribution in [2.24, 2.45) is 0 Å². The van der Waals surface area contributed by atoms with E-state index in [1.165, 1.54) is 10.4 Å². The van der Waals surface area contributed by atoms with Gasteiger partial charge in [0.2, 0.25) is 0 Å². The zero-order chi connectivity index (χ0) is 10.8. The van der Waals surface area contributed by atoms with Gasteiger partial charge in [0.05, 0.1) is 5.56 Å². The summed E-state index contributed by atoms with van der Waals surface area (Å²) < 4.78 is 0. The number of anilines is 1. The number of hydrogen-bond donors (Lipinski definition) is 1. The van der Waals surface area contributed by atoms with Crippen molar-refractivity contribution in [3.05, 3.63) is 16.0 Å². The van der Waals surface area contributed by atoms with Crippen molar-refractivity contribution < 1.29 is 0 Å². The van der Waals surface area contributed by atoms with E-state index in [-0.39, 0.29) is 0 Å². The van der Waals surface area contributed by atoms with Gasteiger partial charge in [0.25, 0.3) is 0 Å². The fourth-order valence-electron chi connectivity index (χ4n) is 1.93. The lowest BCUT2D eigenvalue weighted by atomic mass is 10.0. The van der Waals surface area contributed by atoms with Crippen LogP contribution in [0.4, 0.5) is 5.00 Å². The molecule has 0 unspecified atom stereocenters. The fraction of sp³-hybridized carbons (Fsp3) is 0.545. The highest BCUT2D eigenvalue weighted by Gasteiger charge is 2.22. The van der Waals surface area contributed by atoms with Crippen molar-refractivity contribution in [1.82, 2.24) is 4.90 Å². The Morgan fingerprint density at radius 2 is 2.40 bits per heavy atom. The van der Waals surface area contributed by atoms with Gasteiger partial charge in [0.15, 0.2) is 0 Å². The molecule has 1 aromatic heterocycles. The quantitative estimate of drug-likeness (QED) is 0.830. The predicted molar refractivity (Wildman–Crippen MR) is 63.2 cm³/mol. The first-order valence-corrected chi connectivity index (χ1v) is 6.05. The monoisotopic (exact) mass is 221 g/mol. The Morgan fingerprint density at radius 1 is 1.60 bits per heavy atom. The standard InChI is InChI=1S/C11H15N3S/c1-3-13-11-9(6-12)8-4-5-14(2)7-10(8)15-11/h13H,3-5,7H2,1-2H3. The Kier molecular flexibility index (Phi) is 2.94. The number of nitrogens with zero attached hydrogens (tertiary/aromatic N) is 2. The summed E-state index contributed by atoms with van der Waals surface area (Å²) >= 11 is 1.74. The van der Waals surface area contributed by atoms with Gasteiger partial charge >= 0.3 is 0 Å². The first kappa shape index (κ1) is 10.5. The van der Waals surface area contributed by atoms with E-state index in [9.17, 15) is 0 Å². The molecule has 0 saturated heterocycles. The third kappa shape index (κ3) is 1.85. The van der Waals surface area contributed by atoms with Crippen LogP contribution in [0.5, 0.6) is 0 Å². The molecule has 3 nitrogen and oxygen atoms in total. The van der Waals surface area contributed by atoms with Crippen molar-refractivity contribution >= 4 is 16.3 Å². The minimum atomic E-state index is 0.879. The Balaban J connectivity index is 2.40. The molecule has 0 bridgehead atoms. The Morgan fingerprint density at radius 3 is 3.07 bits per heavy atom. The average Bonchev–Trinajstić information content (AvgIpc) is 2.54. The largest absolute Gasteiger partial charge is 0.376 e. The number of nitriles is 1. The zero-order valence-corrected chi connectivity index (χ0v) is 9.95. The van der Waals surface area contributed by atoms with Crippen molar-refractivity contribution in [2.75, 3.05) is 25.5 Å². The van der Waals surface area contributed by atoms with Crippen molar-refractivity contribution in [2.45, 2.75) is 19.9 Å². The minimum absolute atomic E-state index is 0.879. The molecule has 0 aliphatic carbocycles. The molecule has 80 valence electrons. The fourth-order valence-corrected chi connectivity index (χ4v) is 3.28. The van der Waals surface area contributed by atoms with E-state index >= 15 is 0 Å². The molecule has 0 atom stereocenters. The molecule has 0 radical (unpaired) electrons. The number of hydrogen-bond acceptors (Lipinski definition) is 4. The molecule has 0 amide bonds. The number of likely N-dealkylation sites (N-methyl/N-ethyl adjacent to an activating group) is 1. The van der Waals surface area contributed by atoms with Crippen LogP contribution in [0.1, 0.15) is 22.9 Å². The van der Waals surface area contributed by atoms with E-state index in [1.807, 2.05) is 0 Å². The van der Waals surface area contributed by atoms with Gasteiger partial charge in [-0.15, -0.1) is 11.3 Å². The summed E-state index contributed by atoms with van der Waals surface area (Å²) in [5, 5.41) is 13.5. The minimum Gasteiger partial charge on any atom is -0.376 e. The second-order valence-electron chi connectivity index (χ2n) is 3.84. The van der Waals surface area contributed by atoms with E-state index in [0.717, 1.165) is 36.6 Å². The van der Waals surface area contributed by atoms with Crippen molar-refractivity contribution in [1.29, 1.82) is 5.26 Å². The molecular formula is C11H15N3S. The van der Waals surface area contributed by atoms with Crippen LogP contribution in [0.2, 0.25) is 0 Å². The van der Waals surface area contributed by atoms with Crippen LogP contribution in [0.15, 0.2) is 0 Å². The second-order valence-corrected chi connectivity index (χ2v) is 4.94. The average molecular weight is 221 g/mol. The number of thiophene rings is 1. The lowest BCUT2D eigenvalue weighted by Gasteiger charge is -2.21. The molecule has 4 heteroatoms. The van der Waals surface area contributed by atoms with Gasteiger partial charge in [0, 0.05) is 24.5 Å². The predicted octanol–water partition coefficient (Wildman–Crippen LogP) is 2.04. The van der Waals surface area contributed by atoms with Crippen LogP contribution in [-0.4, -0.2) is 25.0 Å². The van der Waals surface area contributed by atoms with Crippen LogP contribution in [0, 0.1) is 11.3 Å². The summed E-state index contributed by atoms with van der Waals surface area (Å²) in [5.74, 6) is 0. The molecule has 2 rings (SSSR count). The van der Waals surface area contributed by atoms with E-state index in [1.54, 1.807) is 11.3 Å². The van der Waals surface area contributed by atoms with Crippen molar-refractivity contribution in [3.63, 3.8) is 0 Å². The van der Waals surface area contributed by atoms with Gasteiger partial charge in [-0.3, -0.25) is 0 Å². The third-order valence-electron chi connectivity index (χ3n) is 2.70. The number of fused-ring (bicyclic) bond motifs is 1. The smallest absolute Gasteiger partial charge is 0.107 e. The number of nitrogens with one attached hydrogen (secondary N) is 1. The van der Waals surface area contributed by atoms with Gasteiger partial charge in [-0.05, 0) is 26.0 Å². The van der Waals surface area contributed by atoms with Gasteiger partial charge in [0.1, 0.15) is 11.1 Å². The molecule has 2 heterocycles. The molecule has 1 aliphatic heterocycles. The lowest BCUT2D eigenvalue weighted by Crippen LogP contribution is -2.25. The molecule has 15 heavy (non-hydrogen) atoms. The highest BCUT2D eigenvalue weighted by Crippen LogP contribution is 2.35. The molecule has 0 fully saturated rings. The van der Waals surface area contributed by atoms with Crippen LogP contribution >= 0.6 is 11.3 Å². The van der Waals surface area contributed by atoms with Crippen LogP contribution in [0.25, 0.3) is 0 Å². The first-order chi connectivity index (χ1) is 7.26. The van der Waals surface area contributed by atoms with Gasteiger partial charge < -0.3 is 10.2 Å². The molecule has 0 spiro atoms. The Labute approximate surface area is 94.3 Å². The van der Waals surface area contributed by atoms with Crippen LogP contribution in [-0.2, 0) is 13.0 Å². The van der Waals surface area contributed by atoms with Gasteiger partial charge in [-0.2, -0.15) is 5.26 Å². The van der Waals surface area contributed by atoms with Crippen LogP contribution < -0.4 is 5.32 Å². The van der Waals surface area contributed by atoms with E-state index in [0.29, 0.717) is 0 Å². The lowest BCUT2D eigenvalue weighted by molar-refractivity contribution is 0.317. The normalized spacial score (nSPS) is 15.8. The highest BCUT2D eigenvalue weighted by atomic mass is 32.1. The summed E-state index contributed by atoms with van der Waals surface area (Å²) in [4.78, 5) is 3.66. The number of rotatable bonds is 2. The molecule has 1 aromatic rings. The topological polar surface area (TPSA) is 39.1 Å². The summed E-state index contributed by atoms with van der Waals surface area (Å²) in [6, 6.07) is 2.33. The van der Waals surface area contributed by atoms with E-state index < -0.39 is 0 Å². The van der Waals surface area contributed by atoms with Crippen molar-refractivity contribution in [3.8, 4) is 6.07 Å². The first-order valence-electron chi connectivity index (χ1n) is 5.23. The molecule has 0 aromatic carbocycles. The maximum atomic E-state index is 9.16. The van der Waals surface area contributed by atoms with Gasteiger partial charge in [-0.25, -0.2) is 0 Å². The Hall–Kier alpha value is -1.05.